The molecule has 0 saturated carbocycles. The molecule has 0 spiro atoms. The lowest BCUT2D eigenvalue weighted by molar-refractivity contribution is -0.162. The molecule has 2 unspecified atom stereocenters. The van der Waals surface area contributed by atoms with Crippen molar-refractivity contribution < 1.29 is 19.1 Å². The molecule has 1 N–H and O–H groups in total. The van der Waals surface area contributed by atoms with Gasteiger partial charge in [0.05, 0.1) is 0 Å². The van der Waals surface area contributed by atoms with Crippen molar-refractivity contribution in [1.82, 2.24) is 10.3 Å². The molecule has 0 saturated heterocycles. The van der Waals surface area contributed by atoms with E-state index in [2.05, 4.69) is 15.0 Å². The van der Waals surface area contributed by atoms with E-state index in [1.54, 1.807) is 6.20 Å². The Labute approximate surface area is 112 Å². The lowest BCUT2D eigenvalue weighted by atomic mass is 10.2. The Bertz CT molecular complexity index is 422. The summed E-state index contributed by atoms with van der Waals surface area (Å²) >= 11 is 0. The van der Waals surface area contributed by atoms with Gasteiger partial charge in [-0.3, -0.25) is 9.78 Å². The molecule has 0 aliphatic rings. The zero-order chi connectivity index (χ0) is 14.3. The summed E-state index contributed by atoms with van der Waals surface area (Å²) in [6.45, 7) is 4.57. The number of alkyl carbamates (subject to hydrolysis) is 1. The van der Waals surface area contributed by atoms with Crippen LogP contribution in [0.5, 0.6) is 0 Å². The van der Waals surface area contributed by atoms with Gasteiger partial charge >= 0.3 is 12.1 Å². The van der Waals surface area contributed by atoms with Gasteiger partial charge in [0.2, 0.25) is 6.29 Å². The number of carbonyl (C=O) groups is 2. The standard InChI is InChI=1S/C13H18N2O4/c1-9(8-12-6-4-5-7-14-12)15-13(17)19-11(3)18-10(2)16/h4-7,9,11H,8H2,1-3H3,(H,15,17). The largest absolute Gasteiger partial charge is 0.426 e. The predicted molar refractivity (Wildman–Crippen MR) is 68.2 cm³/mol. The van der Waals surface area contributed by atoms with Crippen LogP contribution in [0.1, 0.15) is 26.5 Å². The molecular formula is C13H18N2O4. The van der Waals surface area contributed by atoms with Crippen LogP contribution in [0.2, 0.25) is 0 Å². The van der Waals surface area contributed by atoms with Crippen molar-refractivity contribution in [3.8, 4) is 0 Å². The zero-order valence-corrected chi connectivity index (χ0v) is 11.3. The fourth-order valence-corrected chi connectivity index (χ4v) is 1.53. The maximum Gasteiger partial charge on any atom is 0.410 e. The van der Waals surface area contributed by atoms with Crippen molar-refractivity contribution in [1.29, 1.82) is 0 Å². The highest BCUT2D eigenvalue weighted by Crippen LogP contribution is 2.00. The van der Waals surface area contributed by atoms with Crippen molar-refractivity contribution >= 4 is 12.1 Å². The van der Waals surface area contributed by atoms with Crippen LogP contribution >= 0.6 is 0 Å². The quantitative estimate of drug-likeness (QED) is 0.647. The van der Waals surface area contributed by atoms with E-state index in [1.165, 1.54) is 13.8 Å². The number of amides is 1. The summed E-state index contributed by atoms with van der Waals surface area (Å²) in [4.78, 5) is 26.3. The molecule has 1 rings (SSSR count). The van der Waals surface area contributed by atoms with Crippen LogP contribution in [0.3, 0.4) is 0 Å². The lowest BCUT2D eigenvalue weighted by Crippen LogP contribution is -2.37. The molecule has 19 heavy (non-hydrogen) atoms. The second-order valence-corrected chi connectivity index (χ2v) is 4.15. The first-order valence-electron chi connectivity index (χ1n) is 6.01. The van der Waals surface area contributed by atoms with Crippen LogP contribution in [-0.2, 0) is 20.7 Å². The third kappa shape index (κ3) is 6.40. The van der Waals surface area contributed by atoms with Crippen LogP contribution < -0.4 is 5.32 Å². The van der Waals surface area contributed by atoms with Crippen LogP contribution in [0.15, 0.2) is 24.4 Å². The molecule has 2 atom stereocenters. The average Bonchev–Trinajstić information content (AvgIpc) is 2.28. The van der Waals surface area contributed by atoms with Crippen LogP contribution in [-0.4, -0.2) is 29.4 Å². The normalized spacial score (nSPS) is 13.2. The minimum Gasteiger partial charge on any atom is -0.426 e. The van der Waals surface area contributed by atoms with Gasteiger partial charge in [-0.2, -0.15) is 0 Å². The highest BCUT2D eigenvalue weighted by atomic mass is 16.7. The topological polar surface area (TPSA) is 77.5 Å². The van der Waals surface area contributed by atoms with Gasteiger partial charge < -0.3 is 14.8 Å². The molecule has 0 aromatic carbocycles. The molecule has 0 radical (unpaired) electrons. The number of nitrogens with zero attached hydrogens (tertiary/aromatic N) is 1. The molecule has 0 fully saturated rings. The predicted octanol–water partition coefficient (Wildman–Crippen LogP) is 1.65. The van der Waals surface area contributed by atoms with Crippen molar-refractivity contribution in [2.45, 2.75) is 39.5 Å². The van der Waals surface area contributed by atoms with Crippen molar-refractivity contribution in [3.63, 3.8) is 0 Å². The van der Waals surface area contributed by atoms with Gasteiger partial charge in [0.15, 0.2) is 0 Å². The van der Waals surface area contributed by atoms with E-state index in [1.807, 2.05) is 25.1 Å². The van der Waals surface area contributed by atoms with Crippen LogP contribution in [0.25, 0.3) is 0 Å². The Balaban J connectivity index is 2.34. The minimum atomic E-state index is -0.903. The van der Waals surface area contributed by atoms with Crippen LogP contribution in [0.4, 0.5) is 4.79 Å². The summed E-state index contributed by atoms with van der Waals surface area (Å²) in [5.41, 5.74) is 0.878. The number of aromatic nitrogens is 1. The van der Waals surface area contributed by atoms with Crippen molar-refractivity contribution in [2.24, 2.45) is 0 Å². The monoisotopic (exact) mass is 266 g/mol. The number of hydrogen-bond acceptors (Lipinski definition) is 5. The van der Waals surface area contributed by atoms with Gasteiger partial charge in [0.25, 0.3) is 0 Å². The van der Waals surface area contributed by atoms with Gasteiger partial charge in [-0.25, -0.2) is 4.79 Å². The van der Waals surface area contributed by atoms with Crippen LogP contribution in [0, 0.1) is 0 Å². The maximum absolute atomic E-state index is 11.5. The first-order valence-corrected chi connectivity index (χ1v) is 6.01. The number of rotatable bonds is 5. The smallest absolute Gasteiger partial charge is 0.410 e. The van der Waals surface area contributed by atoms with E-state index < -0.39 is 18.4 Å². The number of nitrogens with one attached hydrogen (secondary N) is 1. The summed E-state index contributed by atoms with van der Waals surface area (Å²) in [5, 5.41) is 2.64. The summed E-state index contributed by atoms with van der Waals surface area (Å²) in [6, 6.07) is 5.46. The first kappa shape index (κ1) is 14.9. The van der Waals surface area contributed by atoms with Crippen molar-refractivity contribution in [3.05, 3.63) is 30.1 Å². The molecule has 0 aliphatic heterocycles. The Hall–Kier alpha value is -2.11. The van der Waals surface area contributed by atoms with E-state index in [0.29, 0.717) is 6.42 Å². The average molecular weight is 266 g/mol. The Morgan fingerprint density at radius 1 is 1.32 bits per heavy atom. The number of hydrogen-bond donors (Lipinski definition) is 1. The van der Waals surface area contributed by atoms with Gasteiger partial charge in [0, 0.05) is 38.2 Å². The molecule has 1 aromatic rings. The summed E-state index contributed by atoms with van der Waals surface area (Å²) < 4.78 is 9.54. The molecule has 1 heterocycles. The molecule has 1 amide bonds. The highest BCUT2D eigenvalue weighted by Gasteiger charge is 2.14. The van der Waals surface area contributed by atoms with E-state index >= 15 is 0 Å². The minimum absolute atomic E-state index is 0.132. The van der Waals surface area contributed by atoms with E-state index in [9.17, 15) is 9.59 Å². The molecule has 6 nitrogen and oxygen atoms in total. The second kappa shape index (κ2) is 7.35. The van der Waals surface area contributed by atoms with E-state index in [4.69, 9.17) is 4.74 Å². The van der Waals surface area contributed by atoms with E-state index in [-0.39, 0.29) is 6.04 Å². The maximum atomic E-state index is 11.5. The fourth-order valence-electron chi connectivity index (χ4n) is 1.53. The summed E-state index contributed by atoms with van der Waals surface area (Å²) in [6.07, 6.45) is 0.762. The molecular weight excluding hydrogens is 248 g/mol. The third-order valence-electron chi connectivity index (χ3n) is 2.21. The zero-order valence-electron chi connectivity index (χ0n) is 11.3. The van der Waals surface area contributed by atoms with E-state index in [0.717, 1.165) is 5.69 Å². The fraction of sp³-hybridized carbons (Fsp3) is 0.462. The molecule has 1 aromatic heterocycles. The number of carbonyl (C=O) groups excluding carboxylic acids is 2. The van der Waals surface area contributed by atoms with Gasteiger partial charge in [0.1, 0.15) is 0 Å². The molecule has 6 heteroatoms. The summed E-state index contributed by atoms with van der Waals surface area (Å²) in [5.74, 6) is -0.498. The highest BCUT2D eigenvalue weighted by molar-refractivity contribution is 5.69. The van der Waals surface area contributed by atoms with Gasteiger partial charge in [-0.1, -0.05) is 6.07 Å². The lowest BCUT2D eigenvalue weighted by Gasteiger charge is -2.16. The number of pyridine rings is 1. The van der Waals surface area contributed by atoms with Gasteiger partial charge in [-0.15, -0.1) is 0 Å². The number of esters is 1. The third-order valence-corrected chi connectivity index (χ3v) is 2.21. The second-order valence-electron chi connectivity index (χ2n) is 4.15. The molecule has 104 valence electrons. The first-order chi connectivity index (χ1) is 8.97. The Morgan fingerprint density at radius 3 is 2.63 bits per heavy atom. The SMILES string of the molecule is CC(=O)OC(C)OC(=O)NC(C)Cc1ccccn1. The molecule has 0 bridgehead atoms. The summed E-state index contributed by atoms with van der Waals surface area (Å²) in [7, 11) is 0. The number of ether oxygens (including phenoxy) is 2. The van der Waals surface area contributed by atoms with Crippen molar-refractivity contribution in [2.75, 3.05) is 0 Å². The Morgan fingerprint density at radius 2 is 2.05 bits per heavy atom. The molecule has 0 aliphatic carbocycles. The van der Waals surface area contributed by atoms with Gasteiger partial charge in [-0.05, 0) is 19.1 Å². The Kier molecular flexibility index (Phi) is 5.78.